The van der Waals surface area contributed by atoms with Crippen molar-refractivity contribution < 1.29 is 9.90 Å². The molecule has 0 radical (unpaired) electrons. The normalized spacial score (nSPS) is 42.7. The van der Waals surface area contributed by atoms with Crippen molar-refractivity contribution in [1.29, 1.82) is 0 Å². The number of rotatable bonds is 3. The molecule has 4 nitrogen and oxygen atoms in total. The van der Waals surface area contributed by atoms with Crippen LogP contribution in [0.1, 0.15) is 45.4 Å². The third-order valence-electron chi connectivity index (χ3n) is 4.97. The predicted molar refractivity (Wildman–Crippen MR) is 69.1 cm³/mol. The molecule has 0 aromatic heterocycles. The van der Waals surface area contributed by atoms with Crippen LogP contribution in [0.4, 0.5) is 4.79 Å². The van der Waals surface area contributed by atoms with Gasteiger partial charge in [-0.25, -0.2) is 4.79 Å². The summed E-state index contributed by atoms with van der Waals surface area (Å²) in [5.74, 6) is 2.52. The minimum atomic E-state index is -0.480. The van der Waals surface area contributed by atoms with E-state index in [2.05, 4.69) is 10.6 Å². The highest BCUT2D eigenvalue weighted by Gasteiger charge is 2.51. The number of carbonyl (C=O) groups excluding carboxylic acids is 1. The van der Waals surface area contributed by atoms with Gasteiger partial charge in [0.05, 0.1) is 6.10 Å². The molecule has 18 heavy (non-hydrogen) atoms. The van der Waals surface area contributed by atoms with E-state index in [1.807, 2.05) is 0 Å². The Morgan fingerprint density at radius 1 is 1.22 bits per heavy atom. The molecule has 3 N–H and O–H groups in total. The summed E-state index contributed by atoms with van der Waals surface area (Å²) in [5, 5.41) is 15.2. The van der Waals surface area contributed by atoms with Gasteiger partial charge < -0.3 is 15.7 Å². The number of amides is 2. The molecular weight excluding hydrogens is 228 g/mol. The summed E-state index contributed by atoms with van der Waals surface area (Å²) < 4.78 is 0. The van der Waals surface area contributed by atoms with Gasteiger partial charge in [0, 0.05) is 12.1 Å². The Bertz CT molecular complexity index is 305. The molecule has 4 aliphatic rings. The van der Waals surface area contributed by atoms with E-state index in [9.17, 15) is 9.90 Å². The maximum atomic E-state index is 11.9. The van der Waals surface area contributed by atoms with Crippen LogP contribution >= 0.6 is 0 Å². The molecule has 0 heterocycles. The number of hydrogen-bond acceptors (Lipinski definition) is 2. The summed E-state index contributed by atoms with van der Waals surface area (Å²) >= 11 is 0. The minimum Gasteiger partial charge on any atom is -0.392 e. The molecule has 4 aliphatic carbocycles. The third-order valence-corrected chi connectivity index (χ3v) is 4.97. The Morgan fingerprint density at radius 2 is 1.72 bits per heavy atom. The Labute approximate surface area is 109 Å². The van der Waals surface area contributed by atoms with Gasteiger partial charge in [-0.3, -0.25) is 0 Å². The van der Waals surface area contributed by atoms with Crippen molar-refractivity contribution in [2.75, 3.05) is 6.54 Å². The van der Waals surface area contributed by atoms with Crippen LogP contribution in [-0.2, 0) is 0 Å². The summed E-state index contributed by atoms with van der Waals surface area (Å²) in [6.45, 7) is 2.02. The van der Waals surface area contributed by atoms with E-state index in [0.29, 0.717) is 6.54 Å². The second kappa shape index (κ2) is 4.41. The average molecular weight is 252 g/mol. The van der Waals surface area contributed by atoms with Crippen molar-refractivity contribution in [3.05, 3.63) is 0 Å². The second-order valence-corrected chi connectivity index (χ2v) is 6.88. The van der Waals surface area contributed by atoms with Crippen LogP contribution in [-0.4, -0.2) is 29.3 Å². The molecule has 1 unspecified atom stereocenters. The van der Waals surface area contributed by atoms with Gasteiger partial charge in [-0.05, 0) is 63.2 Å². The number of urea groups is 1. The highest BCUT2D eigenvalue weighted by molar-refractivity contribution is 5.74. The van der Waals surface area contributed by atoms with E-state index in [-0.39, 0.29) is 11.6 Å². The molecule has 4 rings (SSSR count). The molecule has 0 saturated heterocycles. The van der Waals surface area contributed by atoms with Gasteiger partial charge in [0.2, 0.25) is 0 Å². The van der Waals surface area contributed by atoms with Crippen LogP contribution in [0.15, 0.2) is 0 Å². The van der Waals surface area contributed by atoms with Crippen molar-refractivity contribution in [3.63, 3.8) is 0 Å². The molecule has 2 amide bonds. The number of nitrogens with one attached hydrogen (secondary N) is 2. The Balaban J connectivity index is 1.60. The molecule has 0 aliphatic heterocycles. The van der Waals surface area contributed by atoms with E-state index in [1.54, 1.807) is 6.92 Å². The SMILES string of the molecule is CC(O)CNC(=O)NC12CC3CC(CC(C3)C1)C2. The number of hydrogen-bond donors (Lipinski definition) is 3. The Kier molecular flexibility index (Phi) is 3.00. The van der Waals surface area contributed by atoms with Crippen molar-refractivity contribution in [2.45, 2.75) is 57.1 Å². The summed E-state index contributed by atoms with van der Waals surface area (Å²) in [6.07, 6.45) is 7.18. The monoisotopic (exact) mass is 252 g/mol. The fraction of sp³-hybridized carbons (Fsp3) is 0.929. The van der Waals surface area contributed by atoms with E-state index in [0.717, 1.165) is 17.8 Å². The van der Waals surface area contributed by atoms with Gasteiger partial charge in [0.25, 0.3) is 0 Å². The molecule has 4 fully saturated rings. The van der Waals surface area contributed by atoms with Crippen LogP contribution in [0.3, 0.4) is 0 Å². The van der Waals surface area contributed by atoms with E-state index < -0.39 is 6.10 Å². The first-order valence-corrected chi connectivity index (χ1v) is 7.29. The molecule has 0 aromatic rings. The molecule has 102 valence electrons. The first kappa shape index (κ1) is 12.3. The van der Waals surface area contributed by atoms with E-state index in [4.69, 9.17) is 0 Å². The fourth-order valence-electron chi connectivity index (χ4n) is 4.79. The lowest BCUT2D eigenvalue weighted by Crippen LogP contribution is -2.61. The number of aliphatic hydroxyl groups is 1. The van der Waals surface area contributed by atoms with Gasteiger partial charge >= 0.3 is 6.03 Å². The molecular formula is C14H24N2O2. The second-order valence-electron chi connectivity index (χ2n) is 6.88. The molecule has 4 heteroatoms. The lowest BCUT2D eigenvalue weighted by Gasteiger charge is -2.56. The van der Waals surface area contributed by atoms with E-state index in [1.165, 1.54) is 38.5 Å². The summed E-state index contributed by atoms with van der Waals surface area (Å²) in [5.41, 5.74) is 0.0670. The summed E-state index contributed by atoms with van der Waals surface area (Å²) in [6, 6.07) is -0.0992. The largest absolute Gasteiger partial charge is 0.392 e. The van der Waals surface area contributed by atoms with Crippen molar-refractivity contribution in [3.8, 4) is 0 Å². The maximum Gasteiger partial charge on any atom is 0.315 e. The lowest BCUT2D eigenvalue weighted by molar-refractivity contribution is -0.0136. The highest BCUT2D eigenvalue weighted by Crippen LogP contribution is 2.55. The van der Waals surface area contributed by atoms with Crippen LogP contribution in [0.25, 0.3) is 0 Å². The minimum absolute atomic E-state index is 0.0670. The maximum absolute atomic E-state index is 11.9. The predicted octanol–water partition coefficient (Wildman–Crippen LogP) is 1.64. The zero-order valence-electron chi connectivity index (χ0n) is 11.1. The topological polar surface area (TPSA) is 61.4 Å². The number of aliphatic hydroxyl groups excluding tert-OH is 1. The van der Waals surface area contributed by atoms with E-state index >= 15 is 0 Å². The van der Waals surface area contributed by atoms with Crippen molar-refractivity contribution in [1.82, 2.24) is 10.6 Å². The van der Waals surface area contributed by atoms with Gasteiger partial charge in [-0.1, -0.05) is 0 Å². The quantitative estimate of drug-likeness (QED) is 0.715. The standard InChI is InChI=1S/C14H24N2O2/c1-9(17)8-15-13(18)16-14-5-10-2-11(6-14)4-12(3-10)7-14/h9-12,17H,2-8H2,1H3,(H2,15,16,18). The Morgan fingerprint density at radius 3 is 2.17 bits per heavy atom. The molecule has 0 spiro atoms. The highest BCUT2D eigenvalue weighted by atomic mass is 16.3. The third kappa shape index (κ3) is 2.35. The number of carbonyl (C=O) groups is 1. The summed E-state index contributed by atoms with van der Waals surface area (Å²) in [4.78, 5) is 11.9. The van der Waals surface area contributed by atoms with Crippen LogP contribution < -0.4 is 10.6 Å². The van der Waals surface area contributed by atoms with Gasteiger partial charge in [-0.2, -0.15) is 0 Å². The fourth-order valence-corrected chi connectivity index (χ4v) is 4.79. The lowest BCUT2D eigenvalue weighted by atomic mass is 9.53. The van der Waals surface area contributed by atoms with Gasteiger partial charge in [-0.15, -0.1) is 0 Å². The van der Waals surface area contributed by atoms with Crippen LogP contribution in [0.5, 0.6) is 0 Å². The van der Waals surface area contributed by atoms with Crippen molar-refractivity contribution in [2.24, 2.45) is 17.8 Å². The van der Waals surface area contributed by atoms with Crippen LogP contribution in [0, 0.1) is 17.8 Å². The molecule has 0 aromatic carbocycles. The van der Waals surface area contributed by atoms with Gasteiger partial charge in [0.1, 0.15) is 0 Å². The molecule has 4 saturated carbocycles. The molecule has 4 bridgehead atoms. The zero-order chi connectivity index (χ0) is 12.8. The Hall–Kier alpha value is -0.770. The van der Waals surface area contributed by atoms with Crippen molar-refractivity contribution >= 4 is 6.03 Å². The smallest absolute Gasteiger partial charge is 0.315 e. The summed E-state index contributed by atoms with van der Waals surface area (Å²) in [7, 11) is 0. The first-order valence-electron chi connectivity index (χ1n) is 7.29. The van der Waals surface area contributed by atoms with Crippen LogP contribution in [0.2, 0.25) is 0 Å². The average Bonchev–Trinajstić information content (AvgIpc) is 2.23. The molecule has 1 atom stereocenters. The first-order chi connectivity index (χ1) is 8.55. The van der Waals surface area contributed by atoms with Gasteiger partial charge in [0.15, 0.2) is 0 Å². The zero-order valence-corrected chi connectivity index (χ0v) is 11.1.